The summed E-state index contributed by atoms with van der Waals surface area (Å²) in [6.45, 7) is 4.33. The lowest BCUT2D eigenvalue weighted by Gasteiger charge is -2.09. The summed E-state index contributed by atoms with van der Waals surface area (Å²) < 4.78 is 7.40. The van der Waals surface area contributed by atoms with Gasteiger partial charge >= 0.3 is 0 Å². The van der Waals surface area contributed by atoms with Gasteiger partial charge in [0.05, 0.1) is 22.5 Å². The molecule has 4 aromatic rings. The molecule has 2 N–H and O–H groups in total. The van der Waals surface area contributed by atoms with E-state index in [4.69, 9.17) is 4.74 Å². The molecule has 0 aliphatic rings. The molecule has 0 fully saturated rings. The van der Waals surface area contributed by atoms with E-state index in [2.05, 4.69) is 15.4 Å². The quantitative estimate of drug-likeness (QED) is 0.510. The van der Waals surface area contributed by atoms with Crippen LogP contribution in [0.5, 0.6) is 11.5 Å². The number of hydrogen-bond acceptors (Lipinski definition) is 7. The van der Waals surface area contributed by atoms with Crippen molar-refractivity contribution >= 4 is 32.6 Å². The summed E-state index contributed by atoms with van der Waals surface area (Å²) in [6.07, 6.45) is 0. The average Bonchev–Trinajstić information content (AvgIpc) is 3.09. The molecule has 4 rings (SSSR count). The van der Waals surface area contributed by atoms with E-state index in [0.29, 0.717) is 22.9 Å². The third-order valence-electron chi connectivity index (χ3n) is 4.26. The topological polar surface area (TPSA) is 106 Å². The summed E-state index contributed by atoms with van der Waals surface area (Å²) in [7, 11) is 0. The van der Waals surface area contributed by atoms with Crippen LogP contribution in [-0.2, 0) is 0 Å². The van der Waals surface area contributed by atoms with Crippen molar-refractivity contribution < 1.29 is 14.6 Å². The van der Waals surface area contributed by atoms with Crippen LogP contribution in [0.2, 0.25) is 0 Å². The molecule has 8 nitrogen and oxygen atoms in total. The highest BCUT2D eigenvalue weighted by Gasteiger charge is 2.19. The maximum absolute atomic E-state index is 12.7. The number of thiazole rings is 1. The molecule has 0 aliphatic carbocycles. The summed E-state index contributed by atoms with van der Waals surface area (Å²) in [6, 6.07) is 13.6. The second kappa shape index (κ2) is 7.96. The first-order valence-corrected chi connectivity index (χ1v) is 10.0. The monoisotopic (exact) mass is 422 g/mol. The molecule has 0 spiro atoms. The molecule has 0 bridgehead atoms. The molecule has 0 atom stereocenters. The molecule has 0 aliphatic heterocycles. The summed E-state index contributed by atoms with van der Waals surface area (Å²) in [4.78, 5) is 29.4. The molecule has 2 aromatic carbocycles. The Morgan fingerprint density at radius 2 is 2.07 bits per heavy atom. The van der Waals surface area contributed by atoms with Crippen molar-refractivity contribution in [3.05, 3.63) is 70.1 Å². The lowest BCUT2D eigenvalue weighted by atomic mass is 10.2. The predicted molar refractivity (Wildman–Crippen MR) is 115 cm³/mol. The number of fused-ring (bicyclic) bond motifs is 1. The van der Waals surface area contributed by atoms with Crippen LogP contribution in [0.15, 0.2) is 53.3 Å². The van der Waals surface area contributed by atoms with Crippen LogP contribution in [0.25, 0.3) is 15.9 Å². The van der Waals surface area contributed by atoms with Gasteiger partial charge in [-0.2, -0.15) is 9.78 Å². The van der Waals surface area contributed by atoms with Crippen molar-refractivity contribution in [2.75, 3.05) is 11.9 Å². The van der Waals surface area contributed by atoms with Gasteiger partial charge in [-0.25, -0.2) is 4.98 Å². The largest absolute Gasteiger partial charge is 0.505 e. The minimum absolute atomic E-state index is 0.273. The molecule has 0 radical (unpaired) electrons. The minimum Gasteiger partial charge on any atom is -0.505 e. The summed E-state index contributed by atoms with van der Waals surface area (Å²) in [5, 5.41) is 17.2. The molecule has 9 heteroatoms. The second-order valence-electron chi connectivity index (χ2n) is 6.50. The molecular formula is C21H18N4O4S. The Labute approximate surface area is 175 Å². The second-order valence-corrected chi connectivity index (χ2v) is 7.53. The molecule has 0 saturated heterocycles. The number of nitrogens with zero attached hydrogens (tertiary/aromatic N) is 3. The van der Waals surface area contributed by atoms with Crippen LogP contribution in [0, 0.1) is 6.92 Å². The van der Waals surface area contributed by atoms with Crippen LogP contribution < -0.4 is 15.6 Å². The number of anilines is 1. The molecular weight excluding hydrogens is 404 g/mol. The van der Waals surface area contributed by atoms with Crippen molar-refractivity contribution in [3.8, 4) is 17.2 Å². The van der Waals surface area contributed by atoms with Gasteiger partial charge in [-0.3, -0.25) is 14.9 Å². The van der Waals surface area contributed by atoms with E-state index in [1.54, 1.807) is 24.3 Å². The fraction of sp³-hybridized carbons (Fsp3) is 0.143. The van der Waals surface area contributed by atoms with E-state index in [1.165, 1.54) is 11.3 Å². The number of aromatic nitrogens is 3. The zero-order valence-corrected chi connectivity index (χ0v) is 17.1. The maximum Gasteiger partial charge on any atom is 0.281 e. The van der Waals surface area contributed by atoms with E-state index in [0.717, 1.165) is 26.8 Å². The zero-order valence-electron chi connectivity index (χ0n) is 16.2. The lowest BCUT2D eigenvalue weighted by Crippen LogP contribution is -2.25. The highest BCUT2D eigenvalue weighted by Crippen LogP contribution is 2.29. The van der Waals surface area contributed by atoms with Gasteiger partial charge in [0.15, 0.2) is 16.6 Å². The van der Waals surface area contributed by atoms with Gasteiger partial charge in [0, 0.05) is 6.07 Å². The third kappa shape index (κ3) is 3.87. The van der Waals surface area contributed by atoms with Crippen LogP contribution >= 0.6 is 11.3 Å². The number of amides is 1. The first-order chi connectivity index (χ1) is 14.4. The van der Waals surface area contributed by atoms with Crippen LogP contribution in [0.4, 0.5) is 5.13 Å². The number of hydrogen-bond donors (Lipinski definition) is 2. The summed E-state index contributed by atoms with van der Waals surface area (Å²) in [5.74, 6) is -0.449. The number of benzene rings is 2. The van der Waals surface area contributed by atoms with Gasteiger partial charge in [0.25, 0.3) is 11.5 Å². The molecule has 30 heavy (non-hydrogen) atoms. The Morgan fingerprint density at radius 3 is 2.83 bits per heavy atom. The molecule has 2 heterocycles. The van der Waals surface area contributed by atoms with Gasteiger partial charge in [-0.1, -0.05) is 23.5 Å². The van der Waals surface area contributed by atoms with Crippen molar-refractivity contribution in [3.63, 3.8) is 0 Å². The SMILES string of the molecule is CCOc1ccc2nc(NC(=O)c3nn(-c4cccc(C)c4)c(=O)cc3O)sc2c1. The number of rotatable bonds is 5. The number of ether oxygens (including phenoxy) is 1. The van der Waals surface area contributed by atoms with Gasteiger partial charge < -0.3 is 9.84 Å². The van der Waals surface area contributed by atoms with E-state index >= 15 is 0 Å². The standard InChI is InChI=1S/C21H18N4O4S/c1-3-29-14-7-8-15-17(10-14)30-21(22-15)23-20(28)19-16(26)11-18(27)25(24-19)13-6-4-5-12(2)9-13/h4-11,26H,3H2,1-2H3,(H,22,23,28). The van der Waals surface area contributed by atoms with Gasteiger partial charge in [0.1, 0.15) is 5.75 Å². The fourth-order valence-electron chi connectivity index (χ4n) is 2.92. The molecule has 2 aromatic heterocycles. The van der Waals surface area contributed by atoms with Crippen molar-refractivity contribution in [1.29, 1.82) is 0 Å². The first kappa shape index (κ1) is 19.6. The molecule has 152 valence electrons. The Balaban J connectivity index is 1.65. The van der Waals surface area contributed by atoms with Crippen LogP contribution in [0.1, 0.15) is 23.0 Å². The minimum atomic E-state index is -0.669. The lowest BCUT2D eigenvalue weighted by molar-refractivity contribution is 0.101. The Bertz CT molecular complexity index is 1310. The van der Waals surface area contributed by atoms with Gasteiger partial charge in [-0.15, -0.1) is 0 Å². The van der Waals surface area contributed by atoms with Crippen LogP contribution in [-0.4, -0.2) is 32.4 Å². The average molecular weight is 422 g/mol. The zero-order chi connectivity index (χ0) is 21.3. The first-order valence-electron chi connectivity index (χ1n) is 9.19. The van der Waals surface area contributed by atoms with Crippen molar-refractivity contribution in [2.24, 2.45) is 0 Å². The molecule has 0 unspecified atom stereocenters. The summed E-state index contributed by atoms with van der Waals surface area (Å²) >= 11 is 1.27. The van der Waals surface area contributed by atoms with E-state index < -0.39 is 17.2 Å². The van der Waals surface area contributed by atoms with Gasteiger partial charge in [-0.05, 0) is 49.7 Å². The molecule has 1 amide bonds. The van der Waals surface area contributed by atoms with Crippen molar-refractivity contribution in [2.45, 2.75) is 13.8 Å². The van der Waals surface area contributed by atoms with Crippen molar-refractivity contribution in [1.82, 2.24) is 14.8 Å². The van der Waals surface area contributed by atoms with E-state index in [9.17, 15) is 14.7 Å². The number of aryl methyl sites for hydroxylation is 1. The fourth-order valence-corrected chi connectivity index (χ4v) is 3.81. The maximum atomic E-state index is 12.7. The number of nitrogens with one attached hydrogen (secondary N) is 1. The highest BCUT2D eigenvalue weighted by molar-refractivity contribution is 7.22. The van der Waals surface area contributed by atoms with E-state index in [-0.39, 0.29) is 5.69 Å². The summed E-state index contributed by atoms with van der Waals surface area (Å²) in [5.41, 5.74) is 1.32. The number of carbonyl (C=O) groups excluding carboxylic acids is 1. The predicted octanol–water partition coefficient (Wildman–Crippen LogP) is 3.51. The Morgan fingerprint density at radius 1 is 1.23 bits per heavy atom. The Kier molecular flexibility index (Phi) is 5.20. The third-order valence-corrected chi connectivity index (χ3v) is 5.20. The van der Waals surface area contributed by atoms with Crippen LogP contribution in [0.3, 0.4) is 0 Å². The molecule has 0 saturated carbocycles. The number of carbonyl (C=O) groups is 1. The number of aromatic hydroxyl groups is 1. The smallest absolute Gasteiger partial charge is 0.281 e. The van der Waals surface area contributed by atoms with Gasteiger partial charge in [0.2, 0.25) is 0 Å². The normalized spacial score (nSPS) is 10.9. The Hall–Kier alpha value is -3.72. The highest BCUT2D eigenvalue weighted by atomic mass is 32.1. The van der Waals surface area contributed by atoms with E-state index in [1.807, 2.05) is 32.0 Å².